The molecule has 0 aliphatic carbocycles. The molecule has 1 aromatic carbocycles. The van der Waals surface area contributed by atoms with Crippen molar-refractivity contribution in [2.45, 2.75) is 109 Å². The van der Waals surface area contributed by atoms with Crippen molar-refractivity contribution in [3.8, 4) is 17.3 Å². The number of phosphoric ester groups is 1. The van der Waals surface area contributed by atoms with Gasteiger partial charge in [0.15, 0.2) is 0 Å². The number of aliphatic hydroxyl groups is 1. The van der Waals surface area contributed by atoms with Crippen LogP contribution < -0.4 is 27.0 Å². The van der Waals surface area contributed by atoms with Crippen LogP contribution in [-0.2, 0) is 55.7 Å². The summed E-state index contributed by atoms with van der Waals surface area (Å²) in [6.07, 6.45) is 6.55. The molecule has 6 atom stereocenters. The topological polar surface area (TPSA) is 343 Å². The molecule has 3 aromatic rings. The van der Waals surface area contributed by atoms with Gasteiger partial charge in [0.1, 0.15) is 42.9 Å². The van der Waals surface area contributed by atoms with Crippen LogP contribution in [0.1, 0.15) is 76.6 Å². The number of nitriles is 1. The fourth-order valence-electron chi connectivity index (χ4n) is 7.19. The van der Waals surface area contributed by atoms with E-state index in [4.69, 9.17) is 15.8 Å². The molecule has 0 spiro atoms. The van der Waals surface area contributed by atoms with Crippen molar-refractivity contribution in [2.75, 3.05) is 19.8 Å². The molecule has 0 radical (unpaired) electrons. The summed E-state index contributed by atoms with van der Waals surface area (Å²) < 4.78 is 17.7. The molecule has 3 heterocycles. The van der Waals surface area contributed by atoms with E-state index in [9.17, 15) is 48.2 Å². The number of unbranched alkanes of at least 4 members (excludes halogenated alkanes) is 1. The summed E-state index contributed by atoms with van der Waals surface area (Å²) in [5, 5.41) is 33.1. The van der Waals surface area contributed by atoms with Crippen LogP contribution in [0.25, 0.3) is 11.3 Å². The predicted molar refractivity (Wildman–Crippen MR) is 240 cm³/mol. The summed E-state index contributed by atoms with van der Waals surface area (Å²) in [4.78, 5) is 113. The van der Waals surface area contributed by atoms with Crippen LogP contribution in [0.3, 0.4) is 0 Å². The molecular formula is C43H58N11O12P. The number of phosphoric acid groups is 1. The van der Waals surface area contributed by atoms with Crippen LogP contribution in [0, 0.1) is 17.2 Å². The number of nitrogens with zero attached hydrogens (tertiary/aromatic N) is 6. The number of hydrogen-bond donors (Lipinski definition) is 8. The number of hydrogen-bond acceptors (Lipinski definition) is 14. The van der Waals surface area contributed by atoms with Gasteiger partial charge in [0.25, 0.3) is 0 Å². The first-order valence-corrected chi connectivity index (χ1v) is 23.1. The van der Waals surface area contributed by atoms with Gasteiger partial charge in [-0.2, -0.15) is 5.26 Å². The third-order valence-electron chi connectivity index (χ3n) is 10.6. The Morgan fingerprint density at radius 3 is 2.27 bits per heavy atom. The van der Waals surface area contributed by atoms with Crippen molar-refractivity contribution in [1.29, 1.82) is 5.26 Å². The second kappa shape index (κ2) is 25.4. The number of carbonyl (C=O) groups is 6. The number of likely N-dealkylation sites (tertiary alicyclic amines) is 1. The zero-order valence-electron chi connectivity index (χ0n) is 37.6. The van der Waals surface area contributed by atoms with Crippen molar-refractivity contribution >= 4 is 49.5 Å². The lowest BCUT2D eigenvalue weighted by Gasteiger charge is -2.28. The highest BCUT2D eigenvalue weighted by atomic mass is 31.2. The molecule has 6 amide bonds. The first-order chi connectivity index (χ1) is 31.8. The summed E-state index contributed by atoms with van der Waals surface area (Å²) >= 11 is 0. The number of nitrogens with two attached hydrogens (primary N) is 1. The van der Waals surface area contributed by atoms with E-state index in [1.807, 2.05) is 44.2 Å². The molecular weight excluding hydrogens is 894 g/mol. The molecule has 0 bridgehead atoms. The van der Waals surface area contributed by atoms with Gasteiger partial charge in [-0.1, -0.05) is 43.3 Å². The summed E-state index contributed by atoms with van der Waals surface area (Å²) in [7, 11) is -5.13. The van der Waals surface area contributed by atoms with E-state index in [1.54, 1.807) is 22.9 Å². The van der Waals surface area contributed by atoms with Crippen LogP contribution in [0.2, 0.25) is 0 Å². The van der Waals surface area contributed by atoms with Crippen molar-refractivity contribution in [1.82, 2.24) is 40.7 Å². The van der Waals surface area contributed by atoms with Crippen molar-refractivity contribution in [3.63, 3.8) is 0 Å². The molecule has 1 aliphatic heterocycles. The van der Waals surface area contributed by atoms with Gasteiger partial charge in [-0.05, 0) is 62.6 Å². The highest BCUT2D eigenvalue weighted by Crippen LogP contribution is 2.38. The number of amides is 6. The molecule has 0 saturated carbocycles. The number of rotatable bonds is 25. The number of carbonyl (C=O) groups excluding carboxylic acids is 6. The maximum Gasteiger partial charge on any atom is 0.469 e. The van der Waals surface area contributed by atoms with E-state index in [0.717, 1.165) is 23.7 Å². The van der Waals surface area contributed by atoms with Crippen LogP contribution >= 0.6 is 7.82 Å². The molecule has 24 heteroatoms. The lowest BCUT2D eigenvalue weighted by atomic mass is 10.0. The summed E-state index contributed by atoms with van der Waals surface area (Å²) in [6, 6.07) is 6.01. The third-order valence-corrected chi connectivity index (χ3v) is 11.2. The quantitative estimate of drug-likeness (QED) is 0.0243. The number of primary amides is 1. The SMILES string of the molecule is CC(=O)N1CCC[C@H]1C(=O)N[C@@H](CC(C)C)C(=O)N[C@@H](Cc1cncn1CCCCO/N=C/c1ccc(-c2ccc(C#N)cn2)cc1)C(=O)N[C@@H](CO)C(=O)N[C@H](C(N)=O)[C@@H](C)OP(=O)(O)O. The van der Waals surface area contributed by atoms with Gasteiger partial charge in [-0.15, -0.1) is 0 Å². The van der Waals surface area contributed by atoms with E-state index in [2.05, 4.69) is 40.9 Å². The van der Waals surface area contributed by atoms with Crippen molar-refractivity contribution < 1.29 is 57.6 Å². The van der Waals surface area contributed by atoms with Crippen molar-refractivity contribution in [2.24, 2.45) is 16.8 Å². The minimum atomic E-state index is -5.13. The molecule has 1 aliphatic rings. The second-order valence-electron chi connectivity index (χ2n) is 16.3. The average Bonchev–Trinajstić information content (AvgIpc) is 3.96. The Hall–Kier alpha value is -6.57. The number of pyridine rings is 1. The molecule has 67 heavy (non-hydrogen) atoms. The highest BCUT2D eigenvalue weighted by Gasteiger charge is 2.37. The maximum atomic E-state index is 14.1. The minimum Gasteiger partial charge on any atom is -0.396 e. The Bertz CT molecular complexity index is 2300. The largest absolute Gasteiger partial charge is 0.469 e. The minimum absolute atomic E-state index is 0.116. The third kappa shape index (κ3) is 16.7. The molecule has 9 N–H and O–H groups in total. The summed E-state index contributed by atoms with van der Waals surface area (Å²) in [5.41, 5.74) is 8.69. The molecule has 1 saturated heterocycles. The molecule has 362 valence electrons. The number of aromatic nitrogens is 3. The number of nitrogens with one attached hydrogen (secondary N) is 4. The maximum absolute atomic E-state index is 14.1. The summed E-state index contributed by atoms with van der Waals surface area (Å²) in [6.45, 7) is 6.12. The monoisotopic (exact) mass is 951 g/mol. The van der Waals surface area contributed by atoms with E-state index < -0.39 is 80.3 Å². The highest BCUT2D eigenvalue weighted by molar-refractivity contribution is 7.46. The van der Waals surface area contributed by atoms with Crippen LogP contribution in [0.4, 0.5) is 0 Å². The Morgan fingerprint density at radius 1 is 0.970 bits per heavy atom. The predicted octanol–water partition coefficient (Wildman–Crippen LogP) is 0.162. The molecule has 0 unspecified atom stereocenters. The lowest BCUT2D eigenvalue weighted by Crippen LogP contribution is -2.61. The van der Waals surface area contributed by atoms with Gasteiger partial charge in [-0.25, -0.2) is 9.55 Å². The zero-order valence-corrected chi connectivity index (χ0v) is 38.5. The van der Waals surface area contributed by atoms with E-state index >= 15 is 0 Å². The van der Waals surface area contributed by atoms with Crippen LogP contribution in [-0.4, -0.2) is 132 Å². The normalized spacial score (nSPS) is 16.0. The average molecular weight is 952 g/mol. The smallest absolute Gasteiger partial charge is 0.396 e. The number of oxime groups is 1. The zero-order chi connectivity index (χ0) is 49.3. The van der Waals surface area contributed by atoms with Gasteiger partial charge >= 0.3 is 7.82 Å². The van der Waals surface area contributed by atoms with Crippen LogP contribution in [0.5, 0.6) is 0 Å². The number of benzene rings is 1. The molecule has 1 fully saturated rings. The first-order valence-electron chi connectivity index (χ1n) is 21.5. The van der Waals surface area contributed by atoms with Gasteiger partial charge in [0, 0.05) is 50.1 Å². The second-order valence-corrected chi connectivity index (χ2v) is 17.5. The Morgan fingerprint density at radius 2 is 1.66 bits per heavy atom. The van der Waals surface area contributed by atoms with Gasteiger partial charge < -0.3 is 56.2 Å². The van der Waals surface area contributed by atoms with Gasteiger partial charge in [-0.3, -0.25) is 38.3 Å². The lowest BCUT2D eigenvalue weighted by molar-refractivity contribution is -0.139. The molecule has 23 nitrogen and oxygen atoms in total. The Balaban J connectivity index is 1.45. The van der Waals surface area contributed by atoms with E-state index in [0.29, 0.717) is 50.0 Å². The standard InChI is InChI=1S/C43H58N11O12P/c1-26(2)18-34(50-43(61)37-8-7-16-54(37)28(4)56)40(58)49-35(41(59)51-36(24-55)42(60)52-38(39(45)57)27(3)66-67(62,63)64)19-32-23-46-25-53(32)15-5-6-17-65-48-22-29-9-12-31(13-10-29)33-14-11-30(20-44)21-47-33/h9-14,21-23,25-27,34-38,55H,5-8,15-19,24H2,1-4H3,(H2,45,57)(H,49,58)(H,50,61)(H,51,59)(H,52,60)(H2,62,63,64)/b48-22+/t27-,34+,35+,36+,37+,38+/m1/s1. The Kier molecular flexibility index (Phi) is 20.1. The Labute approximate surface area is 387 Å². The molecule has 4 rings (SSSR count). The van der Waals surface area contributed by atoms with Crippen LogP contribution in [0.15, 0.2) is 60.3 Å². The van der Waals surface area contributed by atoms with Crippen molar-refractivity contribution in [3.05, 3.63) is 71.9 Å². The fourth-order valence-corrected chi connectivity index (χ4v) is 7.74. The van der Waals surface area contributed by atoms with Gasteiger partial charge in [0.05, 0.1) is 36.5 Å². The van der Waals surface area contributed by atoms with E-state index in [1.165, 1.54) is 30.5 Å². The number of aliphatic hydroxyl groups excluding tert-OH is 1. The van der Waals surface area contributed by atoms with E-state index in [-0.39, 0.29) is 31.3 Å². The first kappa shape index (κ1) is 53.0. The van der Waals surface area contributed by atoms with Gasteiger partial charge in [0.2, 0.25) is 35.4 Å². The fraction of sp³-hybridized carbons (Fsp3) is 0.488. The number of aryl methyl sites for hydroxylation is 1. The number of imidazole rings is 1. The summed E-state index contributed by atoms with van der Waals surface area (Å²) in [5.74, 6) is -5.07. The molecule has 2 aromatic heterocycles.